The molecule has 0 heterocycles. The summed E-state index contributed by atoms with van der Waals surface area (Å²) in [6, 6.07) is 3.88. The van der Waals surface area contributed by atoms with Crippen molar-refractivity contribution in [3.05, 3.63) is 38.4 Å². The minimum atomic E-state index is -0.630. The molecule has 7 nitrogen and oxygen atoms in total. The van der Waals surface area contributed by atoms with Crippen LogP contribution in [0.1, 0.15) is 33.1 Å². The second-order valence-corrected chi connectivity index (χ2v) is 5.96. The van der Waals surface area contributed by atoms with E-state index in [2.05, 4.69) is 19.2 Å². The molecule has 2 rings (SSSR count). The zero-order valence-electron chi connectivity index (χ0n) is 11.5. The van der Waals surface area contributed by atoms with Crippen LogP contribution < -0.4 is 5.32 Å². The molecular formula is C13H17N3O4. The summed E-state index contributed by atoms with van der Waals surface area (Å²) < 4.78 is 0. The predicted octanol–water partition coefficient (Wildman–Crippen LogP) is 3.49. The minimum Gasteiger partial charge on any atom is -0.377 e. The molecule has 0 aromatic heterocycles. The van der Waals surface area contributed by atoms with Crippen LogP contribution in [0.5, 0.6) is 0 Å². The van der Waals surface area contributed by atoms with Gasteiger partial charge in [0.1, 0.15) is 5.69 Å². The summed E-state index contributed by atoms with van der Waals surface area (Å²) >= 11 is 0. The lowest BCUT2D eigenvalue weighted by molar-refractivity contribution is -0.393. The first kappa shape index (κ1) is 14.2. The van der Waals surface area contributed by atoms with Gasteiger partial charge in [0.2, 0.25) is 0 Å². The summed E-state index contributed by atoms with van der Waals surface area (Å²) in [4.78, 5) is 20.5. The molecule has 0 bridgehead atoms. The molecule has 1 saturated carbocycles. The average Bonchev–Trinajstić information content (AvgIpc) is 2.68. The number of anilines is 1. The number of rotatable bonds is 4. The Bertz CT molecular complexity index is 557. The van der Waals surface area contributed by atoms with Gasteiger partial charge in [-0.25, -0.2) is 0 Å². The lowest BCUT2D eigenvalue weighted by Crippen LogP contribution is -2.18. The van der Waals surface area contributed by atoms with Crippen molar-refractivity contribution in [3.8, 4) is 0 Å². The minimum absolute atomic E-state index is 0.171. The Morgan fingerprint density at radius 2 is 1.95 bits per heavy atom. The van der Waals surface area contributed by atoms with Gasteiger partial charge in [0.25, 0.3) is 11.4 Å². The van der Waals surface area contributed by atoms with Gasteiger partial charge in [-0.05, 0) is 30.7 Å². The highest BCUT2D eigenvalue weighted by atomic mass is 16.6. The topological polar surface area (TPSA) is 98.3 Å². The van der Waals surface area contributed by atoms with Gasteiger partial charge in [0, 0.05) is 12.1 Å². The van der Waals surface area contributed by atoms with Gasteiger partial charge in [-0.1, -0.05) is 13.8 Å². The molecule has 1 N–H and O–H groups in total. The van der Waals surface area contributed by atoms with E-state index in [1.165, 1.54) is 12.1 Å². The van der Waals surface area contributed by atoms with Crippen LogP contribution in [0.2, 0.25) is 0 Å². The molecule has 1 aromatic rings. The number of nitro groups is 2. The maximum atomic E-state index is 11.0. The largest absolute Gasteiger partial charge is 0.377 e. The van der Waals surface area contributed by atoms with Gasteiger partial charge >= 0.3 is 0 Å². The first-order valence-electron chi connectivity index (χ1n) is 6.48. The maximum absolute atomic E-state index is 11.0. The number of nitro benzene ring substituents is 2. The zero-order valence-corrected chi connectivity index (χ0v) is 11.5. The Morgan fingerprint density at radius 1 is 1.25 bits per heavy atom. The molecule has 7 heteroatoms. The van der Waals surface area contributed by atoms with E-state index < -0.39 is 9.85 Å². The van der Waals surface area contributed by atoms with Crippen molar-refractivity contribution in [3.63, 3.8) is 0 Å². The van der Waals surface area contributed by atoms with Crippen LogP contribution in [0.4, 0.5) is 17.1 Å². The third kappa shape index (κ3) is 3.04. The molecule has 1 aromatic carbocycles. The van der Waals surface area contributed by atoms with Crippen LogP contribution in [0, 0.1) is 25.6 Å². The number of nitrogens with zero attached hydrogens (tertiary/aromatic N) is 2. The Labute approximate surface area is 116 Å². The third-order valence-corrected chi connectivity index (χ3v) is 3.72. The molecule has 1 aliphatic rings. The number of hydrogen-bond donors (Lipinski definition) is 1. The molecule has 0 spiro atoms. The molecule has 1 fully saturated rings. The highest BCUT2D eigenvalue weighted by Crippen LogP contribution is 2.39. The summed E-state index contributed by atoms with van der Waals surface area (Å²) in [5.74, 6) is 0. The second kappa shape index (κ2) is 5.07. The van der Waals surface area contributed by atoms with Gasteiger partial charge in [-0.3, -0.25) is 20.2 Å². The Morgan fingerprint density at radius 3 is 2.45 bits per heavy atom. The lowest BCUT2D eigenvalue weighted by atomic mass is 9.92. The molecule has 0 saturated heterocycles. The fourth-order valence-electron chi connectivity index (χ4n) is 2.69. The SMILES string of the molecule is CC1(C)CCC(Nc2ccc([N+](=O)[O-])cc2[N+](=O)[O-])C1. The van der Waals surface area contributed by atoms with Crippen molar-refractivity contribution in [2.45, 2.75) is 39.2 Å². The Kier molecular flexibility index (Phi) is 3.61. The van der Waals surface area contributed by atoms with E-state index in [1.54, 1.807) is 0 Å². The zero-order chi connectivity index (χ0) is 14.9. The molecule has 1 aliphatic carbocycles. The number of non-ortho nitro benzene ring substituents is 1. The van der Waals surface area contributed by atoms with E-state index in [0.717, 1.165) is 25.3 Å². The average molecular weight is 279 g/mol. The molecule has 108 valence electrons. The van der Waals surface area contributed by atoms with Gasteiger partial charge < -0.3 is 5.32 Å². The van der Waals surface area contributed by atoms with Crippen molar-refractivity contribution in [2.75, 3.05) is 5.32 Å². The van der Waals surface area contributed by atoms with Crippen molar-refractivity contribution in [1.82, 2.24) is 0 Å². The maximum Gasteiger partial charge on any atom is 0.299 e. The van der Waals surface area contributed by atoms with Gasteiger partial charge in [0.05, 0.1) is 15.9 Å². The van der Waals surface area contributed by atoms with Crippen LogP contribution in [0.25, 0.3) is 0 Å². The van der Waals surface area contributed by atoms with Crippen LogP contribution in [0.15, 0.2) is 18.2 Å². The van der Waals surface area contributed by atoms with E-state index in [4.69, 9.17) is 0 Å². The van der Waals surface area contributed by atoms with Crippen LogP contribution >= 0.6 is 0 Å². The van der Waals surface area contributed by atoms with Crippen molar-refractivity contribution in [2.24, 2.45) is 5.41 Å². The summed E-state index contributed by atoms with van der Waals surface area (Å²) in [6.07, 6.45) is 2.94. The summed E-state index contributed by atoms with van der Waals surface area (Å²) in [5.41, 5.74) is 0.0638. The van der Waals surface area contributed by atoms with Crippen molar-refractivity contribution >= 4 is 17.1 Å². The third-order valence-electron chi connectivity index (χ3n) is 3.72. The van der Waals surface area contributed by atoms with E-state index in [-0.39, 0.29) is 22.8 Å². The Balaban J connectivity index is 2.23. The summed E-state index contributed by atoms with van der Waals surface area (Å²) in [7, 11) is 0. The molecule has 0 aliphatic heterocycles. The fraction of sp³-hybridized carbons (Fsp3) is 0.538. The number of nitrogens with one attached hydrogen (secondary N) is 1. The molecular weight excluding hydrogens is 262 g/mol. The summed E-state index contributed by atoms with van der Waals surface area (Å²) in [5, 5.41) is 24.9. The van der Waals surface area contributed by atoms with Gasteiger partial charge in [0.15, 0.2) is 0 Å². The molecule has 0 radical (unpaired) electrons. The van der Waals surface area contributed by atoms with Gasteiger partial charge in [-0.15, -0.1) is 0 Å². The second-order valence-electron chi connectivity index (χ2n) is 5.96. The normalized spacial score (nSPS) is 20.6. The molecule has 0 amide bonds. The van der Waals surface area contributed by atoms with Crippen LogP contribution in [0.3, 0.4) is 0 Å². The highest BCUT2D eigenvalue weighted by molar-refractivity contribution is 5.65. The number of hydrogen-bond acceptors (Lipinski definition) is 5. The number of benzene rings is 1. The van der Waals surface area contributed by atoms with E-state index in [0.29, 0.717) is 5.69 Å². The molecule has 1 atom stereocenters. The standard InChI is InChI=1S/C13H17N3O4/c1-13(2)6-5-9(8-13)14-11-4-3-10(15(17)18)7-12(11)16(19)20/h3-4,7,9,14H,5-6,8H2,1-2H3. The molecule has 1 unspecified atom stereocenters. The predicted molar refractivity (Wildman–Crippen MR) is 74.8 cm³/mol. The van der Waals surface area contributed by atoms with Gasteiger partial charge in [-0.2, -0.15) is 0 Å². The first-order chi connectivity index (χ1) is 9.28. The highest BCUT2D eigenvalue weighted by Gasteiger charge is 2.32. The van der Waals surface area contributed by atoms with E-state index in [9.17, 15) is 20.2 Å². The van der Waals surface area contributed by atoms with E-state index >= 15 is 0 Å². The van der Waals surface area contributed by atoms with Crippen LogP contribution in [-0.4, -0.2) is 15.9 Å². The first-order valence-corrected chi connectivity index (χ1v) is 6.48. The smallest absolute Gasteiger partial charge is 0.299 e. The Hall–Kier alpha value is -2.18. The van der Waals surface area contributed by atoms with Crippen molar-refractivity contribution < 1.29 is 9.85 Å². The summed E-state index contributed by atoms with van der Waals surface area (Å²) in [6.45, 7) is 4.33. The monoisotopic (exact) mass is 279 g/mol. The van der Waals surface area contributed by atoms with E-state index in [1.807, 2.05) is 0 Å². The lowest BCUT2D eigenvalue weighted by Gasteiger charge is -2.18. The van der Waals surface area contributed by atoms with Crippen molar-refractivity contribution in [1.29, 1.82) is 0 Å². The molecule has 20 heavy (non-hydrogen) atoms. The fourth-order valence-corrected chi connectivity index (χ4v) is 2.69. The quantitative estimate of drug-likeness (QED) is 0.671. The van der Waals surface area contributed by atoms with Crippen LogP contribution in [-0.2, 0) is 0 Å².